The molecule has 1 heterocycles. The molecular formula is C11H12ClFN2. The fraction of sp³-hybridized carbons (Fsp3) is 0.273. The molecule has 0 spiro atoms. The van der Waals surface area contributed by atoms with Gasteiger partial charge in [-0.25, -0.2) is 4.39 Å². The lowest BCUT2D eigenvalue weighted by molar-refractivity contribution is 0.631. The molecule has 0 radical (unpaired) electrons. The summed E-state index contributed by atoms with van der Waals surface area (Å²) in [5, 5.41) is 1.21. The number of halogens is 2. The molecule has 0 aliphatic heterocycles. The monoisotopic (exact) mass is 226 g/mol. The minimum Gasteiger partial charge on any atom is -0.345 e. The number of rotatable bonds is 1. The highest BCUT2D eigenvalue weighted by Crippen LogP contribution is 2.29. The van der Waals surface area contributed by atoms with Crippen LogP contribution in [0.15, 0.2) is 12.1 Å². The van der Waals surface area contributed by atoms with Crippen molar-refractivity contribution in [3.05, 3.63) is 34.2 Å². The first-order valence-electron chi connectivity index (χ1n) is 4.69. The molecule has 80 valence electrons. The molecule has 1 aromatic heterocycles. The van der Waals surface area contributed by atoms with Crippen LogP contribution in [0.5, 0.6) is 0 Å². The molecule has 0 unspecified atom stereocenters. The topological polar surface area (TPSA) is 30.9 Å². The van der Waals surface area contributed by atoms with Gasteiger partial charge in [0.1, 0.15) is 5.82 Å². The second-order valence-electron chi connectivity index (χ2n) is 3.61. The zero-order chi connectivity index (χ0) is 11.2. The first-order chi connectivity index (χ1) is 7.06. The molecular weight excluding hydrogens is 215 g/mol. The maximum absolute atomic E-state index is 13.7. The lowest BCUT2D eigenvalue weighted by Gasteiger charge is -2.00. The molecule has 0 atom stereocenters. The Morgan fingerprint density at radius 3 is 2.73 bits per heavy atom. The summed E-state index contributed by atoms with van der Waals surface area (Å²) in [6, 6.07) is 3.08. The van der Waals surface area contributed by atoms with Crippen LogP contribution in [-0.4, -0.2) is 4.57 Å². The number of aryl methyl sites for hydroxylation is 1. The van der Waals surface area contributed by atoms with Gasteiger partial charge in [-0.2, -0.15) is 0 Å². The summed E-state index contributed by atoms with van der Waals surface area (Å²) in [7, 11) is 1.83. The molecule has 15 heavy (non-hydrogen) atoms. The Bertz CT molecular complexity index is 531. The van der Waals surface area contributed by atoms with Gasteiger partial charge in [0.25, 0.3) is 0 Å². The van der Waals surface area contributed by atoms with Gasteiger partial charge in [-0.3, -0.25) is 0 Å². The second-order valence-corrected chi connectivity index (χ2v) is 4.05. The zero-order valence-corrected chi connectivity index (χ0v) is 9.40. The van der Waals surface area contributed by atoms with E-state index in [1.807, 2.05) is 18.5 Å². The third kappa shape index (κ3) is 1.43. The lowest BCUT2D eigenvalue weighted by Crippen LogP contribution is -1.99. The Morgan fingerprint density at radius 2 is 2.13 bits per heavy atom. The Hall–Kier alpha value is -1.06. The summed E-state index contributed by atoms with van der Waals surface area (Å²) < 4.78 is 15.5. The Balaban J connectivity index is 2.97. The quantitative estimate of drug-likeness (QED) is 0.797. The van der Waals surface area contributed by atoms with Crippen molar-refractivity contribution in [3.63, 3.8) is 0 Å². The predicted molar refractivity (Wildman–Crippen MR) is 60.5 cm³/mol. The summed E-state index contributed by atoms with van der Waals surface area (Å²) in [5.41, 5.74) is 8.15. The molecule has 2 nitrogen and oxygen atoms in total. The number of hydrogen-bond acceptors (Lipinski definition) is 1. The fourth-order valence-corrected chi connectivity index (χ4v) is 2.16. The van der Waals surface area contributed by atoms with Gasteiger partial charge >= 0.3 is 0 Å². The van der Waals surface area contributed by atoms with Gasteiger partial charge in [0.2, 0.25) is 0 Å². The van der Waals surface area contributed by atoms with Crippen LogP contribution >= 0.6 is 11.6 Å². The lowest BCUT2D eigenvalue weighted by atomic mass is 10.1. The molecule has 0 fully saturated rings. The molecule has 4 heteroatoms. The molecule has 0 aliphatic carbocycles. The highest BCUT2D eigenvalue weighted by atomic mass is 35.5. The van der Waals surface area contributed by atoms with Gasteiger partial charge in [0.05, 0.1) is 5.52 Å². The highest BCUT2D eigenvalue weighted by Gasteiger charge is 2.14. The minimum absolute atomic E-state index is 0.303. The average molecular weight is 227 g/mol. The molecule has 0 aliphatic rings. The molecule has 1 aromatic carbocycles. The van der Waals surface area contributed by atoms with Crippen molar-refractivity contribution >= 4 is 22.5 Å². The summed E-state index contributed by atoms with van der Waals surface area (Å²) in [6.07, 6.45) is 0. The summed E-state index contributed by atoms with van der Waals surface area (Å²) in [6.45, 7) is 2.32. The SMILES string of the molecule is Cc1c(CN)c2cc(Cl)cc(F)c2n1C. The smallest absolute Gasteiger partial charge is 0.148 e. The number of fused-ring (bicyclic) bond motifs is 1. The first kappa shape index (κ1) is 10.5. The maximum atomic E-state index is 13.7. The molecule has 2 rings (SSSR count). The number of hydrogen-bond donors (Lipinski definition) is 1. The normalized spacial score (nSPS) is 11.3. The third-order valence-corrected chi connectivity index (χ3v) is 3.05. The summed E-state index contributed by atoms with van der Waals surface area (Å²) in [5.74, 6) is -0.303. The minimum atomic E-state index is -0.303. The van der Waals surface area contributed by atoms with Crippen LogP contribution in [0.1, 0.15) is 11.3 Å². The van der Waals surface area contributed by atoms with E-state index in [1.165, 1.54) is 6.07 Å². The standard InChI is InChI=1S/C11H12ClFN2/c1-6-9(5-14)8-3-7(12)4-10(13)11(8)15(6)2/h3-4H,5,14H2,1-2H3. The van der Waals surface area contributed by atoms with Crippen molar-refractivity contribution in [3.8, 4) is 0 Å². The summed E-state index contributed by atoms with van der Waals surface area (Å²) >= 11 is 5.82. The van der Waals surface area contributed by atoms with Crippen molar-refractivity contribution in [2.75, 3.05) is 0 Å². The number of nitrogens with two attached hydrogens (primary N) is 1. The van der Waals surface area contributed by atoms with Gasteiger partial charge < -0.3 is 10.3 Å². The van der Waals surface area contributed by atoms with Crippen LogP contribution in [0.4, 0.5) is 4.39 Å². The van der Waals surface area contributed by atoms with Gasteiger partial charge in [0.15, 0.2) is 0 Å². The van der Waals surface area contributed by atoms with Crippen molar-refractivity contribution in [2.45, 2.75) is 13.5 Å². The van der Waals surface area contributed by atoms with Crippen LogP contribution in [-0.2, 0) is 13.6 Å². The largest absolute Gasteiger partial charge is 0.345 e. The molecule has 0 saturated heterocycles. The van der Waals surface area contributed by atoms with Crippen molar-refractivity contribution < 1.29 is 4.39 Å². The van der Waals surface area contributed by atoms with E-state index >= 15 is 0 Å². The van der Waals surface area contributed by atoms with Gasteiger partial charge in [-0.1, -0.05) is 11.6 Å². The van der Waals surface area contributed by atoms with E-state index in [0.717, 1.165) is 16.6 Å². The van der Waals surface area contributed by atoms with Gasteiger partial charge in [-0.15, -0.1) is 0 Å². The number of aromatic nitrogens is 1. The Labute approximate surface area is 92.4 Å². The highest BCUT2D eigenvalue weighted by molar-refractivity contribution is 6.31. The zero-order valence-electron chi connectivity index (χ0n) is 8.64. The van der Waals surface area contributed by atoms with E-state index in [0.29, 0.717) is 17.1 Å². The first-order valence-corrected chi connectivity index (χ1v) is 5.07. The van der Waals surface area contributed by atoms with E-state index in [2.05, 4.69) is 0 Å². The maximum Gasteiger partial charge on any atom is 0.148 e. The molecule has 2 N–H and O–H groups in total. The molecule has 0 saturated carbocycles. The van der Waals surface area contributed by atoms with Crippen LogP contribution in [0.25, 0.3) is 10.9 Å². The fourth-order valence-electron chi connectivity index (χ4n) is 1.96. The Morgan fingerprint density at radius 1 is 1.47 bits per heavy atom. The number of benzene rings is 1. The summed E-state index contributed by atoms with van der Waals surface area (Å²) in [4.78, 5) is 0. The van der Waals surface area contributed by atoms with E-state index < -0.39 is 0 Å². The van der Waals surface area contributed by atoms with E-state index in [-0.39, 0.29) is 5.82 Å². The molecule has 0 bridgehead atoms. The number of nitrogens with zero attached hydrogens (tertiary/aromatic N) is 1. The van der Waals surface area contributed by atoms with Crippen molar-refractivity contribution in [2.24, 2.45) is 12.8 Å². The van der Waals surface area contributed by atoms with Crippen LogP contribution in [0.2, 0.25) is 5.02 Å². The van der Waals surface area contributed by atoms with Crippen molar-refractivity contribution in [1.82, 2.24) is 4.57 Å². The second kappa shape index (κ2) is 3.51. The van der Waals surface area contributed by atoms with E-state index in [9.17, 15) is 4.39 Å². The predicted octanol–water partition coefficient (Wildman–Crippen LogP) is 2.74. The van der Waals surface area contributed by atoms with Crippen LogP contribution in [0.3, 0.4) is 0 Å². The van der Waals surface area contributed by atoms with Crippen LogP contribution < -0.4 is 5.73 Å². The van der Waals surface area contributed by atoms with Crippen LogP contribution in [0, 0.1) is 12.7 Å². The molecule has 2 aromatic rings. The third-order valence-electron chi connectivity index (χ3n) is 2.83. The molecule has 0 amide bonds. The van der Waals surface area contributed by atoms with Gasteiger partial charge in [-0.05, 0) is 24.6 Å². The Kier molecular flexibility index (Phi) is 2.44. The van der Waals surface area contributed by atoms with Crippen molar-refractivity contribution in [1.29, 1.82) is 0 Å². The average Bonchev–Trinajstić information content (AvgIpc) is 2.39. The van der Waals surface area contributed by atoms with E-state index in [1.54, 1.807) is 6.07 Å². The van der Waals surface area contributed by atoms with E-state index in [4.69, 9.17) is 17.3 Å². The van der Waals surface area contributed by atoms with Gasteiger partial charge in [0, 0.05) is 29.7 Å².